The van der Waals surface area contributed by atoms with Crippen molar-refractivity contribution >= 4 is 22.8 Å². The smallest absolute Gasteiger partial charge is 0.249 e. The van der Waals surface area contributed by atoms with Gasteiger partial charge in [0.25, 0.3) is 0 Å². The molecule has 0 radical (unpaired) electrons. The van der Waals surface area contributed by atoms with Crippen molar-refractivity contribution in [2.24, 2.45) is 0 Å². The minimum absolute atomic E-state index is 0.0272. The van der Waals surface area contributed by atoms with Crippen molar-refractivity contribution < 1.29 is 4.79 Å². The Bertz CT molecular complexity index is 1410. The standard InChI is InChI=1S/C25H28N8O/c1-7-33-22(17-11-26-15(4)27-12-17)31-21-20(28-13-29-23(21)33)16-8-9-19-18(10-16)25(5,24(34)30-19)32(6)14(2)3/h8-14H,7H2,1-6H3,(H,30,34)/t25-/m0/s1. The molecule has 1 aliphatic rings. The number of nitrogens with zero attached hydrogens (tertiary/aromatic N) is 7. The number of rotatable bonds is 5. The van der Waals surface area contributed by atoms with Crippen LogP contribution in [0.25, 0.3) is 33.8 Å². The Balaban J connectivity index is 1.69. The summed E-state index contributed by atoms with van der Waals surface area (Å²) < 4.78 is 2.05. The van der Waals surface area contributed by atoms with Crippen LogP contribution in [0.3, 0.4) is 0 Å². The van der Waals surface area contributed by atoms with Gasteiger partial charge in [-0.25, -0.2) is 24.9 Å². The third-order valence-corrected chi connectivity index (χ3v) is 6.88. The molecule has 1 aliphatic heterocycles. The van der Waals surface area contributed by atoms with E-state index in [2.05, 4.69) is 50.9 Å². The van der Waals surface area contributed by atoms with Gasteiger partial charge in [0.05, 0.1) is 5.56 Å². The lowest BCUT2D eigenvalue weighted by atomic mass is 9.89. The Hall–Kier alpha value is -3.72. The first-order valence-electron chi connectivity index (χ1n) is 11.4. The van der Waals surface area contributed by atoms with Gasteiger partial charge in [0.1, 0.15) is 34.7 Å². The van der Waals surface area contributed by atoms with Crippen LogP contribution in [0.4, 0.5) is 5.69 Å². The quantitative estimate of drug-likeness (QED) is 0.487. The Morgan fingerprint density at radius 1 is 1.12 bits per heavy atom. The highest BCUT2D eigenvalue weighted by Crippen LogP contribution is 2.42. The summed E-state index contributed by atoms with van der Waals surface area (Å²) in [6.07, 6.45) is 5.13. The van der Waals surface area contributed by atoms with Crippen molar-refractivity contribution in [3.8, 4) is 22.6 Å². The van der Waals surface area contributed by atoms with Crippen LogP contribution >= 0.6 is 0 Å². The number of likely N-dealkylation sites (N-methyl/N-ethyl adjacent to an activating group) is 1. The maximum atomic E-state index is 13.0. The highest BCUT2D eigenvalue weighted by atomic mass is 16.2. The van der Waals surface area contributed by atoms with Crippen molar-refractivity contribution in [1.29, 1.82) is 0 Å². The number of aryl methyl sites for hydroxylation is 2. The van der Waals surface area contributed by atoms with E-state index in [1.807, 2.05) is 43.7 Å². The van der Waals surface area contributed by atoms with Gasteiger partial charge >= 0.3 is 0 Å². The monoisotopic (exact) mass is 456 g/mol. The lowest BCUT2D eigenvalue weighted by Crippen LogP contribution is -2.49. The number of imidazole rings is 1. The first-order valence-corrected chi connectivity index (χ1v) is 11.4. The number of carbonyl (C=O) groups is 1. The molecule has 3 aromatic heterocycles. The summed E-state index contributed by atoms with van der Waals surface area (Å²) in [5.74, 6) is 1.43. The Morgan fingerprint density at radius 3 is 2.53 bits per heavy atom. The molecule has 174 valence electrons. The first kappa shape index (κ1) is 22.1. The van der Waals surface area contributed by atoms with Gasteiger partial charge in [0.2, 0.25) is 5.91 Å². The van der Waals surface area contributed by atoms with E-state index in [4.69, 9.17) is 4.98 Å². The van der Waals surface area contributed by atoms with Crippen LogP contribution in [0.1, 0.15) is 39.1 Å². The summed E-state index contributed by atoms with van der Waals surface area (Å²) in [4.78, 5) is 37.9. The number of fused-ring (bicyclic) bond motifs is 2. The van der Waals surface area contributed by atoms with E-state index < -0.39 is 5.54 Å². The summed E-state index contributed by atoms with van der Waals surface area (Å²) in [5.41, 5.74) is 4.87. The van der Waals surface area contributed by atoms with Crippen LogP contribution in [0, 0.1) is 6.92 Å². The van der Waals surface area contributed by atoms with Crippen LogP contribution in [-0.4, -0.2) is 53.4 Å². The Kier molecular flexibility index (Phi) is 5.16. The van der Waals surface area contributed by atoms with Crippen molar-refractivity contribution in [3.05, 3.63) is 48.3 Å². The number of benzene rings is 1. The lowest BCUT2D eigenvalue weighted by molar-refractivity contribution is -0.127. The van der Waals surface area contributed by atoms with Gasteiger partial charge < -0.3 is 9.88 Å². The summed E-state index contributed by atoms with van der Waals surface area (Å²) in [7, 11) is 1.98. The summed E-state index contributed by atoms with van der Waals surface area (Å²) in [5, 5.41) is 3.04. The molecule has 5 rings (SSSR count). The predicted molar refractivity (Wildman–Crippen MR) is 131 cm³/mol. The third kappa shape index (κ3) is 3.19. The molecule has 0 aliphatic carbocycles. The van der Waals surface area contributed by atoms with E-state index in [0.717, 1.165) is 39.5 Å². The molecule has 0 spiro atoms. The molecule has 4 aromatic rings. The van der Waals surface area contributed by atoms with Gasteiger partial charge in [0, 0.05) is 41.8 Å². The van der Waals surface area contributed by atoms with E-state index in [-0.39, 0.29) is 11.9 Å². The maximum Gasteiger partial charge on any atom is 0.249 e. The SMILES string of the molecule is CCn1c(-c2cnc(C)nc2)nc2c(-c3ccc4c(c3)[C@](C)(N(C)C(C)C)C(=O)N4)ncnc21. The molecule has 0 fully saturated rings. The average molecular weight is 457 g/mol. The molecule has 9 heteroatoms. The fraction of sp³-hybridized carbons (Fsp3) is 0.360. The van der Waals surface area contributed by atoms with Gasteiger partial charge in [-0.1, -0.05) is 6.07 Å². The van der Waals surface area contributed by atoms with E-state index in [1.54, 1.807) is 18.7 Å². The second kappa shape index (κ2) is 7.95. The zero-order valence-corrected chi connectivity index (χ0v) is 20.3. The van der Waals surface area contributed by atoms with Gasteiger partial charge in [0.15, 0.2) is 5.65 Å². The number of carbonyl (C=O) groups excluding carboxylic acids is 1. The van der Waals surface area contributed by atoms with Crippen molar-refractivity contribution in [2.75, 3.05) is 12.4 Å². The second-order valence-electron chi connectivity index (χ2n) is 9.08. The number of anilines is 1. The summed E-state index contributed by atoms with van der Waals surface area (Å²) >= 11 is 0. The Labute approximate surface area is 198 Å². The van der Waals surface area contributed by atoms with Crippen molar-refractivity contribution in [2.45, 2.75) is 52.7 Å². The molecule has 1 N–H and O–H groups in total. The minimum Gasteiger partial charge on any atom is -0.324 e. The Morgan fingerprint density at radius 2 is 1.85 bits per heavy atom. The van der Waals surface area contributed by atoms with Gasteiger partial charge in [-0.15, -0.1) is 0 Å². The molecule has 9 nitrogen and oxygen atoms in total. The van der Waals surface area contributed by atoms with Crippen molar-refractivity contribution in [1.82, 2.24) is 34.4 Å². The average Bonchev–Trinajstić information content (AvgIpc) is 3.33. The topological polar surface area (TPSA) is 102 Å². The van der Waals surface area contributed by atoms with Crippen LogP contribution in [0.5, 0.6) is 0 Å². The molecular weight excluding hydrogens is 428 g/mol. The van der Waals surface area contributed by atoms with E-state index in [0.29, 0.717) is 17.9 Å². The highest BCUT2D eigenvalue weighted by Gasteiger charge is 2.46. The zero-order chi connectivity index (χ0) is 24.2. The van der Waals surface area contributed by atoms with Crippen LogP contribution in [-0.2, 0) is 16.9 Å². The number of hydrogen-bond donors (Lipinski definition) is 1. The molecule has 1 atom stereocenters. The first-order chi connectivity index (χ1) is 16.3. The predicted octanol–water partition coefficient (Wildman–Crippen LogP) is 3.79. The number of nitrogens with one attached hydrogen (secondary N) is 1. The molecule has 1 amide bonds. The molecule has 0 saturated heterocycles. The molecule has 4 heterocycles. The van der Waals surface area contributed by atoms with Gasteiger partial charge in [-0.2, -0.15) is 0 Å². The second-order valence-corrected chi connectivity index (χ2v) is 9.08. The van der Waals surface area contributed by atoms with E-state index >= 15 is 0 Å². The summed E-state index contributed by atoms with van der Waals surface area (Å²) in [6, 6.07) is 6.16. The van der Waals surface area contributed by atoms with E-state index in [1.165, 1.54) is 0 Å². The lowest BCUT2D eigenvalue weighted by Gasteiger charge is -2.36. The molecular formula is C25H28N8O. The normalized spacial score (nSPS) is 17.6. The fourth-order valence-corrected chi connectivity index (χ4v) is 4.61. The zero-order valence-electron chi connectivity index (χ0n) is 20.3. The number of amides is 1. The summed E-state index contributed by atoms with van der Waals surface area (Å²) in [6.45, 7) is 10.7. The van der Waals surface area contributed by atoms with Crippen LogP contribution in [0.2, 0.25) is 0 Å². The third-order valence-electron chi connectivity index (χ3n) is 6.88. The minimum atomic E-state index is -0.779. The molecule has 0 unspecified atom stereocenters. The molecule has 0 saturated carbocycles. The van der Waals surface area contributed by atoms with Gasteiger partial charge in [-0.3, -0.25) is 9.69 Å². The van der Waals surface area contributed by atoms with E-state index in [9.17, 15) is 4.79 Å². The number of aromatic nitrogens is 6. The molecule has 1 aromatic carbocycles. The maximum absolute atomic E-state index is 13.0. The van der Waals surface area contributed by atoms with Gasteiger partial charge in [-0.05, 0) is 53.8 Å². The molecule has 34 heavy (non-hydrogen) atoms. The molecule has 0 bridgehead atoms. The largest absolute Gasteiger partial charge is 0.324 e. The number of hydrogen-bond acceptors (Lipinski definition) is 7. The van der Waals surface area contributed by atoms with Crippen molar-refractivity contribution in [3.63, 3.8) is 0 Å². The fourth-order valence-electron chi connectivity index (χ4n) is 4.61. The highest BCUT2D eigenvalue weighted by molar-refractivity contribution is 6.06. The van der Waals surface area contributed by atoms with Crippen LogP contribution < -0.4 is 5.32 Å². The van der Waals surface area contributed by atoms with Crippen LogP contribution in [0.15, 0.2) is 36.9 Å².